The van der Waals surface area contributed by atoms with E-state index in [9.17, 15) is 9.59 Å². The van der Waals surface area contributed by atoms with Crippen LogP contribution in [-0.4, -0.2) is 30.4 Å². The summed E-state index contributed by atoms with van der Waals surface area (Å²) < 4.78 is 5.00. The smallest absolute Gasteiger partial charge is 0.260 e. The van der Waals surface area contributed by atoms with Crippen LogP contribution in [0.1, 0.15) is 16.8 Å². The van der Waals surface area contributed by atoms with E-state index in [-0.39, 0.29) is 5.91 Å². The molecule has 1 aromatic rings. The van der Waals surface area contributed by atoms with E-state index in [1.807, 2.05) is 6.07 Å². The maximum Gasteiger partial charge on any atom is 0.260 e. The third kappa shape index (κ3) is 2.05. The van der Waals surface area contributed by atoms with Crippen molar-refractivity contribution in [2.75, 3.05) is 13.7 Å². The lowest BCUT2D eigenvalue weighted by atomic mass is 10.1. The first-order valence-electron chi connectivity index (χ1n) is 5.56. The Balaban J connectivity index is 2.17. The molecule has 0 bridgehead atoms. The van der Waals surface area contributed by atoms with Gasteiger partial charge in [0.15, 0.2) is 0 Å². The summed E-state index contributed by atoms with van der Waals surface area (Å²) in [7, 11) is 1.54. The number of hydrogen-bond donors (Lipinski definition) is 0. The fourth-order valence-corrected chi connectivity index (χ4v) is 1.89. The molecule has 1 heterocycles. The molecule has 92 valence electrons. The molecule has 0 radical (unpaired) electrons. The molecule has 5 heteroatoms. The summed E-state index contributed by atoms with van der Waals surface area (Å²) in [6.07, 6.45) is 0.414. The Labute approximate surface area is 105 Å². The number of amides is 2. The van der Waals surface area contributed by atoms with Crippen LogP contribution in [0.5, 0.6) is 5.75 Å². The quantitative estimate of drug-likeness (QED) is 0.733. The first-order chi connectivity index (χ1) is 8.67. The van der Waals surface area contributed by atoms with Crippen molar-refractivity contribution in [2.45, 2.75) is 6.42 Å². The second-order valence-corrected chi connectivity index (χ2v) is 3.99. The van der Waals surface area contributed by atoms with Gasteiger partial charge in [-0.2, -0.15) is 5.26 Å². The van der Waals surface area contributed by atoms with Gasteiger partial charge in [0.2, 0.25) is 5.91 Å². The van der Waals surface area contributed by atoms with Crippen molar-refractivity contribution < 1.29 is 14.3 Å². The number of rotatable bonds is 2. The molecule has 0 aliphatic carbocycles. The van der Waals surface area contributed by atoms with E-state index in [1.165, 1.54) is 0 Å². The largest absolute Gasteiger partial charge is 0.497 e. The molecule has 1 aromatic carbocycles. The highest BCUT2D eigenvalue weighted by Crippen LogP contribution is 2.20. The Bertz CT molecular complexity index is 516. The van der Waals surface area contributed by atoms with Crippen molar-refractivity contribution in [3.63, 3.8) is 0 Å². The fraction of sp³-hybridized carbons (Fsp3) is 0.308. The maximum absolute atomic E-state index is 12.1. The summed E-state index contributed by atoms with van der Waals surface area (Å²) in [5.74, 6) is -0.805. The third-order valence-corrected chi connectivity index (χ3v) is 2.94. The highest BCUT2D eigenvalue weighted by atomic mass is 16.5. The number of ether oxygens (including phenoxy) is 1. The zero-order chi connectivity index (χ0) is 13.1. The Morgan fingerprint density at radius 2 is 2.11 bits per heavy atom. The molecule has 0 aromatic heterocycles. The van der Waals surface area contributed by atoms with E-state index in [2.05, 4.69) is 0 Å². The summed E-state index contributed by atoms with van der Waals surface area (Å²) in [4.78, 5) is 24.9. The van der Waals surface area contributed by atoms with E-state index >= 15 is 0 Å². The van der Waals surface area contributed by atoms with Gasteiger partial charge in [0.05, 0.1) is 13.2 Å². The van der Waals surface area contributed by atoms with Crippen LogP contribution in [-0.2, 0) is 4.79 Å². The van der Waals surface area contributed by atoms with Crippen LogP contribution in [0.2, 0.25) is 0 Å². The van der Waals surface area contributed by atoms with Gasteiger partial charge >= 0.3 is 0 Å². The van der Waals surface area contributed by atoms with E-state index in [4.69, 9.17) is 10.00 Å². The van der Waals surface area contributed by atoms with Gasteiger partial charge in [0.1, 0.15) is 11.7 Å². The number of hydrogen-bond acceptors (Lipinski definition) is 4. The molecule has 0 spiro atoms. The number of benzene rings is 1. The molecule has 2 amide bonds. The molecule has 1 saturated heterocycles. The normalized spacial score (nSPS) is 18.6. The summed E-state index contributed by atoms with van der Waals surface area (Å²) >= 11 is 0. The first kappa shape index (κ1) is 12.1. The Kier molecular flexibility index (Phi) is 3.28. The van der Waals surface area contributed by atoms with Crippen LogP contribution in [0.4, 0.5) is 0 Å². The van der Waals surface area contributed by atoms with Crippen LogP contribution in [0, 0.1) is 17.2 Å². The fourth-order valence-electron chi connectivity index (χ4n) is 1.89. The molecule has 0 N–H and O–H groups in total. The topological polar surface area (TPSA) is 70.4 Å². The van der Waals surface area contributed by atoms with Crippen molar-refractivity contribution in [3.05, 3.63) is 29.8 Å². The molecule has 2 rings (SSSR count). The van der Waals surface area contributed by atoms with Crippen LogP contribution >= 0.6 is 0 Å². The third-order valence-electron chi connectivity index (χ3n) is 2.94. The monoisotopic (exact) mass is 244 g/mol. The van der Waals surface area contributed by atoms with Crippen LogP contribution in [0.3, 0.4) is 0 Å². The molecule has 1 fully saturated rings. The molecule has 1 atom stereocenters. The number of carbonyl (C=O) groups excluding carboxylic acids is 2. The zero-order valence-electron chi connectivity index (χ0n) is 9.92. The average Bonchev–Trinajstić information content (AvgIpc) is 2.79. The highest BCUT2D eigenvalue weighted by Gasteiger charge is 2.35. The minimum atomic E-state index is -0.688. The minimum Gasteiger partial charge on any atom is -0.497 e. The maximum atomic E-state index is 12.1. The van der Waals surface area contributed by atoms with Crippen molar-refractivity contribution in [1.82, 2.24) is 4.90 Å². The van der Waals surface area contributed by atoms with Gasteiger partial charge in [0, 0.05) is 12.1 Å². The van der Waals surface area contributed by atoms with Crippen molar-refractivity contribution in [2.24, 2.45) is 5.92 Å². The Morgan fingerprint density at radius 1 is 1.44 bits per heavy atom. The van der Waals surface area contributed by atoms with Gasteiger partial charge in [-0.25, -0.2) is 0 Å². The molecule has 0 unspecified atom stereocenters. The predicted molar refractivity (Wildman–Crippen MR) is 62.8 cm³/mol. The molecule has 1 aliphatic heterocycles. The number of nitriles is 1. The number of imide groups is 1. The van der Waals surface area contributed by atoms with E-state index in [0.717, 1.165) is 4.90 Å². The minimum absolute atomic E-state index is 0.307. The number of methoxy groups -OCH3 is 1. The SMILES string of the molecule is COc1ccc(C(=O)N2CC[C@H](C#N)C2=O)cc1. The van der Waals surface area contributed by atoms with Gasteiger partial charge in [-0.1, -0.05) is 0 Å². The molecule has 1 aliphatic rings. The van der Waals surface area contributed by atoms with Gasteiger partial charge in [-0.15, -0.1) is 0 Å². The lowest BCUT2D eigenvalue weighted by molar-refractivity contribution is -0.127. The van der Waals surface area contributed by atoms with Crippen LogP contribution < -0.4 is 4.74 Å². The van der Waals surface area contributed by atoms with Gasteiger partial charge < -0.3 is 4.74 Å². The average molecular weight is 244 g/mol. The first-order valence-corrected chi connectivity index (χ1v) is 5.56. The Morgan fingerprint density at radius 3 is 2.61 bits per heavy atom. The molecule has 0 saturated carbocycles. The summed E-state index contributed by atoms with van der Waals surface area (Å²) in [6.45, 7) is 0.307. The number of nitrogens with zero attached hydrogens (tertiary/aromatic N) is 2. The molecule has 5 nitrogen and oxygen atoms in total. The van der Waals surface area contributed by atoms with Crippen molar-refractivity contribution in [1.29, 1.82) is 5.26 Å². The number of carbonyl (C=O) groups is 2. The predicted octanol–water partition coefficient (Wildman–Crippen LogP) is 1.21. The van der Waals surface area contributed by atoms with Crippen molar-refractivity contribution >= 4 is 11.8 Å². The number of likely N-dealkylation sites (tertiary alicyclic amines) is 1. The van der Waals surface area contributed by atoms with Gasteiger partial charge in [-0.3, -0.25) is 14.5 Å². The lowest BCUT2D eigenvalue weighted by Gasteiger charge is -2.13. The zero-order valence-corrected chi connectivity index (χ0v) is 9.92. The Hall–Kier alpha value is -2.35. The summed E-state index contributed by atoms with van der Waals surface area (Å²) in [5, 5.41) is 8.75. The highest BCUT2D eigenvalue weighted by molar-refractivity contribution is 6.06. The van der Waals surface area contributed by atoms with Gasteiger partial charge in [0.25, 0.3) is 5.91 Å². The van der Waals surface area contributed by atoms with E-state index in [0.29, 0.717) is 24.3 Å². The molecular weight excluding hydrogens is 232 g/mol. The second kappa shape index (κ2) is 4.88. The molecular formula is C13H12N2O3. The van der Waals surface area contributed by atoms with E-state index < -0.39 is 11.8 Å². The second-order valence-electron chi connectivity index (χ2n) is 3.99. The van der Waals surface area contributed by atoms with Gasteiger partial charge in [-0.05, 0) is 30.7 Å². The van der Waals surface area contributed by atoms with Crippen LogP contribution in [0.25, 0.3) is 0 Å². The standard InChI is InChI=1S/C13H12N2O3/c1-18-11-4-2-9(3-5-11)12(16)15-7-6-10(8-14)13(15)17/h2-5,10H,6-7H2,1H3/t10-/m1/s1. The molecule has 18 heavy (non-hydrogen) atoms. The summed E-state index contributed by atoms with van der Waals surface area (Å²) in [5.41, 5.74) is 0.419. The summed E-state index contributed by atoms with van der Waals surface area (Å²) in [6, 6.07) is 8.44. The van der Waals surface area contributed by atoms with E-state index in [1.54, 1.807) is 31.4 Å². The lowest BCUT2D eigenvalue weighted by Crippen LogP contribution is -2.33. The van der Waals surface area contributed by atoms with Crippen molar-refractivity contribution in [3.8, 4) is 11.8 Å². The van der Waals surface area contributed by atoms with Crippen LogP contribution in [0.15, 0.2) is 24.3 Å².